The van der Waals surface area contributed by atoms with Crippen molar-refractivity contribution in [2.45, 2.75) is 13.0 Å². The Balaban J connectivity index is 2.67. The predicted molar refractivity (Wildman–Crippen MR) is 84.9 cm³/mol. The van der Waals surface area contributed by atoms with Gasteiger partial charge in [-0.3, -0.25) is 4.79 Å². The van der Waals surface area contributed by atoms with E-state index in [0.29, 0.717) is 24.9 Å². The number of aromatic nitrogens is 1. The van der Waals surface area contributed by atoms with Crippen LogP contribution >= 0.6 is 45.8 Å². The van der Waals surface area contributed by atoms with E-state index in [-0.39, 0.29) is 0 Å². The lowest BCUT2D eigenvalue weighted by Gasteiger charge is -2.14. The van der Waals surface area contributed by atoms with Gasteiger partial charge in [0.25, 0.3) is 12.0 Å². The van der Waals surface area contributed by atoms with Crippen LogP contribution in [-0.4, -0.2) is 11.0 Å². The van der Waals surface area contributed by atoms with E-state index in [1.165, 1.54) is 6.07 Å². The van der Waals surface area contributed by atoms with Crippen LogP contribution in [0.15, 0.2) is 35.1 Å². The average Bonchev–Trinajstić information content (AvgIpc) is 2.36. The van der Waals surface area contributed by atoms with E-state index in [4.69, 9.17) is 23.2 Å². The van der Waals surface area contributed by atoms with Crippen molar-refractivity contribution in [1.29, 1.82) is 0 Å². The zero-order chi connectivity index (χ0) is 14.9. The molecule has 0 fully saturated rings. The first kappa shape index (κ1) is 15.7. The normalized spacial score (nSPS) is 11.1. The Morgan fingerprint density at radius 1 is 1.20 bits per heavy atom. The minimum atomic E-state index is -2.63. The molecule has 0 unspecified atom stereocenters. The van der Waals surface area contributed by atoms with Gasteiger partial charge in [-0.1, -0.05) is 23.2 Å². The third-order valence-corrected chi connectivity index (χ3v) is 4.02. The second-order valence-corrected chi connectivity index (χ2v) is 6.00. The summed E-state index contributed by atoms with van der Waals surface area (Å²) >= 11 is 13.7. The number of rotatable bonds is 3. The standard InChI is InChI=1S/C13H8Cl2F2INO/c14-7-1-2-8(9(15)5-7)11-4-3-10(18)13(20)19(11)6-12(16)17/h1-5,12H,6H2. The summed E-state index contributed by atoms with van der Waals surface area (Å²) in [4.78, 5) is 12.0. The Bertz CT molecular complexity index is 703. The van der Waals surface area contributed by atoms with Gasteiger partial charge in [0.05, 0.1) is 20.8 Å². The molecule has 0 radical (unpaired) electrons. The summed E-state index contributed by atoms with van der Waals surface area (Å²) in [5.74, 6) is 0. The average molecular weight is 430 g/mol. The topological polar surface area (TPSA) is 22.0 Å². The van der Waals surface area contributed by atoms with Crippen molar-refractivity contribution in [3.05, 3.63) is 54.3 Å². The minimum absolute atomic E-state index is 0.307. The van der Waals surface area contributed by atoms with Crippen molar-refractivity contribution < 1.29 is 8.78 Å². The molecule has 0 aliphatic heterocycles. The highest BCUT2D eigenvalue weighted by Crippen LogP contribution is 2.30. The van der Waals surface area contributed by atoms with Crippen molar-refractivity contribution in [3.63, 3.8) is 0 Å². The summed E-state index contributed by atoms with van der Waals surface area (Å²) in [6.45, 7) is -0.677. The van der Waals surface area contributed by atoms with Crippen LogP contribution in [0.25, 0.3) is 11.3 Å². The van der Waals surface area contributed by atoms with Crippen molar-refractivity contribution in [2.24, 2.45) is 0 Å². The number of benzene rings is 1. The quantitative estimate of drug-likeness (QED) is 0.648. The number of hydrogen-bond acceptors (Lipinski definition) is 1. The molecule has 0 spiro atoms. The van der Waals surface area contributed by atoms with Gasteiger partial charge < -0.3 is 4.57 Å². The zero-order valence-corrected chi connectivity index (χ0v) is 13.6. The molecule has 2 nitrogen and oxygen atoms in total. The van der Waals surface area contributed by atoms with Gasteiger partial charge in [-0.15, -0.1) is 0 Å². The third kappa shape index (κ3) is 3.32. The second-order valence-electron chi connectivity index (χ2n) is 4.00. The largest absolute Gasteiger partial charge is 0.302 e. The van der Waals surface area contributed by atoms with Crippen LogP contribution in [0.4, 0.5) is 8.78 Å². The number of alkyl halides is 2. The highest BCUT2D eigenvalue weighted by atomic mass is 127. The van der Waals surface area contributed by atoms with Gasteiger partial charge in [-0.2, -0.15) is 0 Å². The van der Waals surface area contributed by atoms with E-state index < -0.39 is 18.5 Å². The summed E-state index contributed by atoms with van der Waals surface area (Å²) in [7, 11) is 0. The summed E-state index contributed by atoms with van der Waals surface area (Å²) in [6.07, 6.45) is -2.63. The molecule has 0 saturated heterocycles. The van der Waals surface area contributed by atoms with E-state index in [9.17, 15) is 13.6 Å². The molecule has 106 valence electrons. The van der Waals surface area contributed by atoms with Gasteiger partial charge in [0, 0.05) is 10.6 Å². The van der Waals surface area contributed by atoms with Gasteiger partial charge in [-0.05, 0) is 52.9 Å². The van der Waals surface area contributed by atoms with Crippen LogP contribution in [0.5, 0.6) is 0 Å². The molecule has 20 heavy (non-hydrogen) atoms. The molecule has 0 aliphatic carbocycles. The monoisotopic (exact) mass is 429 g/mol. The molecular formula is C13H8Cl2F2INO. The molecule has 1 heterocycles. The predicted octanol–water partition coefficient (Wildman–Crippen LogP) is 4.69. The van der Waals surface area contributed by atoms with Crippen molar-refractivity contribution in [1.82, 2.24) is 4.57 Å². The Hall–Kier alpha value is -0.660. The van der Waals surface area contributed by atoms with Gasteiger partial charge >= 0.3 is 0 Å². The lowest BCUT2D eigenvalue weighted by atomic mass is 10.1. The van der Waals surface area contributed by atoms with E-state index in [1.807, 2.05) is 22.6 Å². The highest BCUT2D eigenvalue weighted by Gasteiger charge is 2.15. The number of halogens is 5. The fourth-order valence-corrected chi connectivity index (χ4v) is 2.78. The molecule has 0 amide bonds. The Kier molecular flexibility index (Phi) is 5.04. The van der Waals surface area contributed by atoms with Crippen LogP contribution in [0.1, 0.15) is 0 Å². The van der Waals surface area contributed by atoms with Crippen LogP contribution in [0.2, 0.25) is 10.0 Å². The fourth-order valence-electron chi connectivity index (χ4n) is 1.80. The molecule has 2 rings (SSSR count). The molecule has 7 heteroatoms. The molecule has 0 saturated carbocycles. The first-order chi connectivity index (χ1) is 9.40. The van der Waals surface area contributed by atoms with Crippen molar-refractivity contribution >= 4 is 45.8 Å². The maximum Gasteiger partial charge on any atom is 0.264 e. The Labute approximate surface area is 137 Å². The number of pyridine rings is 1. The molecular weight excluding hydrogens is 422 g/mol. The molecule has 1 aromatic heterocycles. The van der Waals surface area contributed by atoms with E-state index in [2.05, 4.69) is 0 Å². The lowest BCUT2D eigenvalue weighted by molar-refractivity contribution is 0.126. The Morgan fingerprint density at radius 2 is 1.90 bits per heavy atom. The highest BCUT2D eigenvalue weighted by molar-refractivity contribution is 14.1. The summed E-state index contributed by atoms with van der Waals surface area (Å²) in [5.41, 5.74) is 0.372. The Morgan fingerprint density at radius 3 is 2.50 bits per heavy atom. The van der Waals surface area contributed by atoms with Crippen LogP contribution in [-0.2, 0) is 6.54 Å². The summed E-state index contributed by atoms with van der Waals surface area (Å²) in [6, 6.07) is 7.88. The maximum atomic E-state index is 12.7. The molecule has 1 aromatic carbocycles. The van der Waals surface area contributed by atoms with E-state index in [0.717, 1.165) is 4.57 Å². The lowest BCUT2D eigenvalue weighted by Crippen LogP contribution is -2.26. The summed E-state index contributed by atoms with van der Waals surface area (Å²) < 4.78 is 26.8. The number of hydrogen-bond donors (Lipinski definition) is 0. The van der Waals surface area contributed by atoms with Gasteiger partial charge in [0.1, 0.15) is 0 Å². The van der Waals surface area contributed by atoms with Gasteiger partial charge in [-0.25, -0.2) is 8.78 Å². The molecule has 2 aromatic rings. The maximum absolute atomic E-state index is 12.7. The van der Waals surface area contributed by atoms with Gasteiger partial charge in [0.2, 0.25) is 0 Å². The first-order valence-corrected chi connectivity index (χ1v) is 7.36. The van der Waals surface area contributed by atoms with E-state index in [1.54, 1.807) is 24.3 Å². The molecule has 0 N–H and O–H groups in total. The summed E-state index contributed by atoms with van der Waals surface area (Å²) in [5, 5.41) is 0.744. The molecule has 0 bridgehead atoms. The first-order valence-electron chi connectivity index (χ1n) is 5.53. The van der Waals surface area contributed by atoms with E-state index >= 15 is 0 Å². The zero-order valence-electron chi connectivity index (χ0n) is 9.92. The number of nitrogens with zero attached hydrogens (tertiary/aromatic N) is 1. The van der Waals surface area contributed by atoms with Crippen molar-refractivity contribution in [3.8, 4) is 11.3 Å². The van der Waals surface area contributed by atoms with Crippen LogP contribution in [0, 0.1) is 3.57 Å². The third-order valence-electron chi connectivity index (χ3n) is 2.66. The minimum Gasteiger partial charge on any atom is -0.302 e. The fraction of sp³-hybridized carbons (Fsp3) is 0.154. The van der Waals surface area contributed by atoms with Gasteiger partial charge in [0.15, 0.2) is 0 Å². The van der Waals surface area contributed by atoms with Crippen LogP contribution < -0.4 is 5.56 Å². The van der Waals surface area contributed by atoms with Crippen LogP contribution in [0.3, 0.4) is 0 Å². The second kappa shape index (κ2) is 6.41. The molecule has 0 atom stereocenters. The molecule has 0 aliphatic rings. The smallest absolute Gasteiger partial charge is 0.264 e. The SMILES string of the molecule is O=c1c(I)ccc(-c2ccc(Cl)cc2Cl)n1CC(F)F. The van der Waals surface area contributed by atoms with Crippen molar-refractivity contribution in [2.75, 3.05) is 0 Å².